The lowest BCUT2D eigenvalue weighted by Gasteiger charge is -2.18. The van der Waals surface area contributed by atoms with Gasteiger partial charge in [-0.3, -0.25) is 14.4 Å². The van der Waals surface area contributed by atoms with Crippen molar-refractivity contribution in [2.75, 3.05) is 13.2 Å². The summed E-state index contributed by atoms with van der Waals surface area (Å²) in [4.78, 5) is 38.1. The van der Waals surface area contributed by atoms with Gasteiger partial charge in [0.05, 0.1) is 0 Å². The fourth-order valence-corrected chi connectivity index (χ4v) is 7.58. The summed E-state index contributed by atoms with van der Waals surface area (Å²) in [6.07, 6.45) is 67.4. The average Bonchev–Trinajstić information content (AvgIpc) is 3.30. The summed E-state index contributed by atoms with van der Waals surface area (Å²) in [5.41, 5.74) is 0. The van der Waals surface area contributed by atoms with Gasteiger partial charge in [-0.25, -0.2) is 0 Å². The van der Waals surface area contributed by atoms with E-state index in [2.05, 4.69) is 93.7 Å². The van der Waals surface area contributed by atoms with Crippen molar-refractivity contribution in [1.82, 2.24) is 0 Å². The van der Waals surface area contributed by atoms with E-state index < -0.39 is 6.10 Å². The van der Waals surface area contributed by atoms with Gasteiger partial charge in [-0.05, 0) is 96.3 Å². The lowest BCUT2D eigenvalue weighted by atomic mass is 10.1. The van der Waals surface area contributed by atoms with Crippen LogP contribution in [0.4, 0.5) is 0 Å². The van der Waals surface area contributed by atoms with Crippen LogP contribution in [-0.4, -0.2) is 37.2 Å². The van der Waals surface area contributed by atoms with E-state index in [9.17, 15) is 14.4 Å². The molecule has 0 aliphatic heterocycles. The van der Waals surface area contributed by atoms with Crippen LogP contribution in [0.5, 0.6) is 0 Å². The van der Waals surface area contributed by atoms with Crippen molar-refractivity contribution in [1.29, 1.82) is 0 Å². The molecule has 0 spiro atoms. The highest BCUT2D eigenvalue weighted by Gasteiger charge is 2.19. The van der Waals surface area contributed by atoms with E-state index in [1.165, 1.54) is 141 Å². The lowest BCUT2D eigenvalue weighted by Crippen LogP contribution is -2.30. The van der Waals surface area contributed by atoms with Crippen molar-refractivity contribution in [2.24, 2.45) is 0 Å². The van der Waals surface area contributed by atoms with Gasteiger partial charge in [0.2, 0.25) is 0 Å². The Morgan fingerprint density at radius 1 is 0.338 bits per heavy atom. The second kappa shape index (κ2) is 53.5. The highest BCUT2D eigenvalue weighted by atomic mass is 16.6. The molecule has 1 atom stereocenters. The Balaban J connectivity index is 4.41. The smallest absolute Gasteiger partial charge is 0.306 e. The molecule has 6 nitrogen and oxygen atoms in total. The minimum Gasteiger partial charge on any atom is -0.462 e. The van der Waals surface area contributed by atoms with Gasteiger partial charge in [-0.2, -0.15) is 0 Å². The molecule has 0 aliphatic rings. The largest absolute Gasteiger partial charge is 0.462 e. The quantitative estimate of drug-likeness (QED) is 0.0199. The zero-order chi connectivity index (χ0) is 47.2. The van der Waals surface area contributed by atoms with E-state index >= 15 is 0 Å². The molecule has 0 radical (unpaired) electrons. The van der Waals surface area contributed by atoms with Crippen LogP contribution in [-0.2, 0) is 28.6 Å². The number of hydrogen-bond donors (Lipinski definition) is 0. The van der Waals surface area contributed by atoms with Crippen LogP contribution in [0.1, 0.15) is 265 Å². The topological polar surface area (TPSA) is 78.9 Å². The Labute approximate surface area is 402 Å². The predicted molar refractivity (Wildman–Crippen MR) is 279 cm³/mol. The van der Waals surface area contributed by atoms with Gasteiger partial charge in [0.25, 0.3) is 0 Å². The zero-order valence-electron chi connectivity index (χ0n) is 42.7. The van der Waals surface area contributed by atoms with E-state index in [1.807, 2.05) is 0 Å². The molecule has 6 heteroatoms. The van der Waals surface area contributed by atoms with Crippen molar-refractivity contribution in [3.63, 3.8) is 0 Å². The summed E-state index contributed by atoms with van der Waals surface area (Å²) < 4.78 is 16.8. The van der Waals surface area contributed by atoms with Crippen LogP contribution in [0, 0.1) is 0 Å². The monoisotopic (exact) mass is 907 g/mol. The van der Waals surface area contributed by atoms with Crippen molar-refractivity contribution < 1.29 is 28.6 Å². The SMILES string of the molecule is CC\C=C/C=C\C=C/CCCCCCCCCC(=O)OC(COC(=O)CCCCCCCCC/C=C\C/C=C\CCCCC)COC(=O)CCCCCCCCC/C=C\CCCCCC. The van der Waals surface area contributed by atoms with Gasteiger partial charge >= 0.3 is 17.9 Å². The molecule has 1 unspecified atom stereocenters. The molecule has 0 aromatic carbocycles. The van der Waals surface area contributed by atoms with Crippen molar-refractivity contribution in [2.45, 2.75) is 271 Å². The highest BCUT2D eigenvalue weighted by Crippen LogP contribution is 2.15. The first-order chi connectivity index (χ1) is 32.0. The highest BCUT2D eigenvalue weighted by molar-refractivity contribution is 5.71. The summed E-state index contributed by atoms with van der Waals surface area (Å²) in [6.45, 7) is 6.46. The first-order valence-corrected chi connectivity index (χ1v) is 27.5. The number of unbranched alkanes of at least 4 members (excludes halogenated alkanes) is 28. The van der Waals surface area contributed by atoms with Crippen LogP contribution >= 0.6 is 0 Å². The molecule has 0 aliphatic carbocycles. The molecule has 0 bridgehead atoms. The molecule has 0 aromatic rings. The zero-order valence-corrected chi connectivity index (χ0v) is 42.7. The summed E-state index contributed by atoms with van der Waals surface area (Å²) in [7, 11) is 0. The minimum atomic E-state index is -0.787. The average molecular weight is 907 g/mol. The van der Waals surface area contributed by atoms with Crippen LogP contribution in [0.25, 0.3) is 0 Å². The fourth-order valence-electron chi connectivity index (χ4n) is 7.58. The second-order valence-corrected chi connectivity index (χ2v) is 18.2. The molecule has 0 saturated carbocycles. The van der Waals surface area contributed by atoms with E-state index in [1.54, 1.807) is 0 Å². The number of esters is 3. The van der Waals surface area contributed by atoms with E-state index in [4.69, 9.17) is 14.2 Å². The van der Waals surface area contributed by atoms with Gasteiger partial charge in [0.15, 0.2) is 6.10 Å². The summed E-state index contributed by atoms with van der Waals surface area (Å²) in [5.74, 6) is -0.904. The van der Waals surface area contributed by atoms with Gasteiger partial charge in [0, 0.05) is 19.3 Å². The minimum absolute atomic E-state index is 0.0849. The Morgan fingerprint density at radius 3 is 1.09 bits per heavy atom. The third-order valence-corrected chi connectivity index (χ3v) is 11.7. The Hall–Kier alpha value is -3.15. The number of ether oxygens (including phenoxy) is 3. The number of rotatable bonds is 49. The molecule has 0 rings (SSSR count). The van der Waals surface area contributed by atoms with Gasteiger partial charge < -0.3 is 14.2 Å². The maximum Gasteiger partial charge on any atom is 0.306 e. The maximum atomic E-state index is 12.8. The summed E-state index contributed by atoms with van der Waals surface area (Å²) in [6, 6.07) is 0. The summed E-state index contributed by atoms with van der Waals surface area (Å²) in [5, 5.41) is 0. The second-order valence-electron chi connectivity index (χ2n) is 18.2. The molecule has 0 fully saturated rings. The number of hydrogen-bond acceptors (Lipinski definition) is 6. The van der Waals surface area contributed by atoms with Gasteiger partial charge in [0.1, 0.15) is 13.2 Å². The fraction of sp³-hybridized carbons (Fsp3) is 0.746. The van der Waals surface area contributed by atoms with Gasteiger partial charge in [-0.1, -0.05) is 222 Å². The van der Waals surface area contributed by atoms with Crippen LogP contribution in [0.3, 0.4) is 0 Å². The first-order valence-electron chi connectivity index (χ1n) is 27.5. The van der Waals surface area contributed by atoms with Crippen LogP contribution in [0.15, 0.2) is 72.9 Å². The predicted octanol–water partition coefficient (Wildman–Crippen LogP) is 18.2. The molecule has 0 saturated heterocycles. The Kier molecular flexibility index (Phi) is 50.9. The standard InChI is InChI=1S/C59H102O6/c1-4-7-10-13-16-19-22-25-28-29-32-34-37-40-43-46-49-52-58(61)64-55-56(65-59(62)53-50-47-44-41-38-35-31-27-24-21-18-15-12-9-6-3)54-63-57(60)51-48-45-42-39-36-33-30-26-23-20-17-14-11-8-5-2/h9,12,15-16,18-21,23-25,28,56H,4-8,10-11,13-14,17,22,26-27,29-55H2,1-3H3/b12-9-,18-15-,19-16-,23-20-,24-21-,28-25-. The molecule has 0 aromatic heterocycles. The number of allylic oxidation sites excluding steroid dienone is 12. The molecule has 65 heavy (non-hydrogen) atoms. The third-order valence-electron chi connectivity index (χ3n) is 11.7. The van der Waals surface area contributed by atoms with Crippen LogP contribution in [0.2, 0.25) is 0 Å². The third kappa shape index (κ3) is 51.7. The lowest BCUT2D eigenvalue weighted by molar-refractivity contribution is -0.167. The molecular formula is C59H102O6. The molecular weight excluding hydrogens is 805 g/mol. The Morgan fingerprint density at radius 2 is 0.662 bits per heavy atom. The maximum absolute atomic E-state index is 12.8. The summed E-state index contributed by atoms with van der Waals surface area (Å²) >= 11 is 0. The van der Waals surface area contributed by atoms with Gasteiger partial charge in [-0.15, -0.1) is 0 Å². The Bertz CT molecular complexity index is 1230. The molecule has 0 N–H and O–H groups in total. The van der Waals surface area contributed by atoms with Crippen LogP contribution < -0.4 is 0 Å². The normalized spacial score (nSPS) is 12.6. The van der Waals surface area contributed by atoms with Crippen molar-refractivity contribution in [3.05, 3.63) is 72.9 Å². The molecule has 0 amide bonds. The van der Waals surface area contributed by atoms with Crippen molar-refractivity contribution in [3.8, 4) is 0 Å². The van der Waals surface area contributed by atoms with E-state index in [0.29, 0.717) is 19.3 Å². The number of carbonyl (C=O) groups is 3. The molecule has 374 valence electrons. The van der Waals surface area contributed by atoms with Crippen molar-refractivity contribution >= 4 is 17.9 Å². The molecule has 0 heterocycles. The first kappa shape index (κ1) is 61.9. The van der Waals surface area contributed by atoms with E-state index in [0.717, 1.165) is 83.5 Å². The number of carbonyl (C=O) groups excluding carboxylic acids is 3. The van der Waals surface area contributed by atoms with E-state index in [-0.39, 0.29) is 31.1 Å².